The highest BCUT2D eigenvalue weighted by molar-refractivity contribution is 5.87. The van der Waals surface area contributed by atoms with E-state index in [4.69, 9.17) is 18.9 Å². The van der Waals surface area contributed by atoms with E-state index in [9.17, 15) is 10.1 Å². The first-order chi connectivity index (χ1) is 16.3. The van der Waals surface area contributed by atoms with Crippen LogP contribution in [0, 0.1) is 18.3 Å². The molecule has 184 valence electrons. The molecular weight excluding hydrogens is 432 g/mol. The second-order valence-electron chi connectivity index (χ2n) is 8.27. The van der Waals surface area contributed by atoms with E-state index in [2.05, 4.69) is 29.2 Å². The molecule has 0 radical (unpaired) electrons. The van der Waals surface area contributed by atoms with Gasteiger partial charge >= 0.3 is 5.97 Å². The molecule has 0 aromatic heterocycles. The molecular formula is C27H36N2O5. The van der Waals surface area contributed by atoms with Gasteiger partial charge in [-0.15, -0.1) is 0 Å². The smallest absolute Gasteiger partial charge is 0.331 e. The molecule has 7 nitrogen and oxygen atoms in total. The molecule has 1 unspecified atom stereocenters. The number of carbonyl (C=O) groups excluding carboxylic acids is 1. The number of nitrogens with zero attached hydrogens (tertiary/aromatic N) is 2. The normalized spacial score (nSPS) is 12.5. The number of ether oxygens (including phenoxy) is 4. The average Bonchev–Trinajstić information content (AvgIpc) is 2.85. The Bertz CT molecular complexity index is 1000. The Labute approximate surface area is 203 Å². The molecule has 0 heterocycles. The van der Waals surface area contributed by atoms with Crippen molar-refractivity contribution in [1.29, 1.82) is 5.26 Å². The standard InChI is InChI=1S/C27H36N2O5/c1-7-34-26(30)27(19-28,22-11-12-23(31-4)25(18-22)33-6)14-8-15-29(3)16-13-21-10-9-20(2)24(17-21)32-5/h9-12,17-18H,7-8,13-16H2,1-6H3. The Kier molecular flexibility index (Phi) is 10.2. The molecule has 0 fully saturated rings. The number of hydrogen-bond acceptors (Lipinski definition) is 7. The summed E-state index contributed by atoms with van der Waals surface area (Å²) in [5.74, 6) is 1.35. The van der Waals surface area contributed by atoms with E-state index in [1.165, 1.54) is 12.7 Å². The molecule has 0 aliphatic heterocycles. The second kappa shape index (κ2) is 12.9. The van der Waals surface area contributed by atoms with E-state index in [0.29, 0.717) is 29.9 Å². The van der Waals surface area contributed by atoms with Gasteiger partial charge < -0.3 is 23.8 Å². The van der Waals surface area contributed by atoms with Crippen LogP contribution in [0.4, 0.5) is 0 Å². The minimum absolute atomic E-state index is 0.204. The van der Waals surface area contributed by atoms with Crippen LogP contribution in [0.15, 0.2) is 36.4 Å². The summed E-state index contributed by atoms with van der Waals surface area (Å²) in [5.41, 5.74) is 1.44. The number of carbonyl (C=O) groups is 1. The van der Waals surface area contributed by atoms with Crippen LogP contribution < -0.4 is 14.2 Å². The predicted octanol–water partition coefficient (Wildman–Crippen LogP) is 4.30. The van der Waals surface area contributed by atoms with Crippen molar-refractivity contribution in [3.8, 4) is 23.3 Å². The molecule has 2 rings (SSSR count). The zero-order valence-corrected chi connectivity index (χ0v) is 21.1. The van der Waals surface area contributed by atoms with Crippen molar-refractivity contribution in [2.75, 3.05) is 48.1 Å². The molecule has 0 saturated heterocycles. The third kappa shape index (κ3) is 6.42. The van der Waals surface area contributed by atoms with Gasteiger partial charge in [0.2, 0.25) is 0 Å². The van der Waals surface area contributed by atoms with E-state index < -0.39 is 11.4 Å². The molecule has 0 bridgehead atoms. The summed E-state index contributed by atoms with van der Waals surface area (Å²) in [7, 11) is 6.80. The Morgan fingerprint density at radius 3 is 2.32 bits per heavy atom. The van der Waals surface area contributed by atoms with E-state index in [-0.39, 0.29) is 6.61 Å². The van der Waals surface area contributed by atoms with Crippen molar-refractivity contribution in [1.82, 2.24) is 4.90 Å². The summed E-state index contributed by atoms with van der Waals surface area (Å²) in [5, 5.41) is 10.2. The number of rotatable bonds is 13. The molecule has 1 atom stereocenters. The van der Waals surface area contributed by atoms with Crippen LogP contribution in [0.1, 0.15) is 36.5 Å². The van der Waals surface area contributed by atoms with Gasteiger partial charge in [-0.3, -0.25) is 0 Å². The number of methoxy groups -OCH3 is 3. The highest BCUT2D eigenvalue weighted by Gasteiger charge is 2.42. The number of esters is 1. The highest BCUT2D eigenvalue weighted by Crippen LogP contribution is 2.37. The molecule has 0 spiro atoms. The first-order valence-corrected chi connectivity index (χ1v) is 11.5. The van der Waals surface area contributed by atoms with Gasteiger partial charge in [0.1, 0.15) is 5.75 Å². The lowest BCUT2D eigenvalue weighted by molar-refractivity contribution is -0.148. The minimum Gasteiger partial charge on any atom is -0.496 e. The first-order valence-electron chi connectivity index (χ1n) is 11.5. The lowest BCUT2D eigenvalue weighted by Gasteiger charge is -2.27. The van der Waals surface area contributed by atoms with Gasteiger partial charge in [-0.2, -0.15) is 5.26 Å². The topological polar surface area (TPSA) is 81.0 Å². The van der Waals surface area contributed by atoms with Crippen LogP contribution in [-0.4, -0.2) is 58.9 Å². The van der Waals surface area contributed by atoms with Crippen molar-refractivity contribution in [2.45, 2.75) is 38.5 Å². The monoisotopic (exact) mass is 468 g/mol. The SMILES string of the molecule is CCOC(=O)C(C#N)(CCCN(C)CCc1ccc(C)c(OC)c1)c1ccc(OC)c(OC)c1. The van der Waals surface area contributed by atoms with E-state index >= 15 is 0 Å². The number of likely N-dealkylation sites (N-methyl/N-ethyl adjacent to an activating group) is 1. The van der Waals surface area contributed by atoms with Crippen LogP contribution in [0.2, 0.25) is 0 Å². The molecule has 34 heavy (non-hydrogen) atoms. The van der Waals surface area contributed by atoms with Gasteiger partial charge in [0.15, 0.2) is 16.9 Å². The van der Waals surface area contributed by atoms with Crippen molar-refractivity contribution in [3.63, 3.8) is 0 Å². The fourth-order valence-electron chi connectivity index (χ4n) is 3.95. The van der Waals surface area contributed by atoms with E-state index in [1.807, 2.05) is 14.0 Å². The Hall–Kier alpha value is -3.24. The number of benzene rings is 2. The Morgan fingerprint density at radius 2 is 1.71 bits per heavy atom. The van der Waals surface area contributed by atoms with Gasteiger partial charge in [0.25, 0.3) is 0 Å². The average molecular weight is 469 g/mol. The van der Waals surface area contributed by atoms with Crippen LogP contribution in [0.25, 0.3) is 0 Å². The Morgan fingerprint density at radius 1 is 1.00 bits per heavy atom. The summed E-state index contributed by atoms with van der Waals surface area (Å²) in [4.78, 5) is 15.2. The van der Waals surface area contributed by atoms with Crippen molar-refractivity contribution >= 4 is 5.97 Å². The molecule has 0 aliphatic rings. The third-order valence-electron chi connectivity index (χ3n) is 6.04. The maximum absolute atomic E-state index is 13.0. The van der Waals surface area contributed by atoms with E-state index in [0.717, 1.165) is 30.8 Å². The molecule has 7 heteroatoms. The van der Waals surface area contributed by atoms with Gasteiger partial charge in [0, 0.05) is 6.54 Å². The van der Waals surface area contributed by atoms with Gasteiger partial charge in [0.05, 0.1) is 34.0 Å². The predicted molar refractivity (Wildman–Crippen MR) is 132 cm³/mol. The first kappa shape index (κ1) is 27.0. The molecule has 0 aliphatic carbocycles. The largest absolute Gasteiger partial charge is 0.496 e. The number of hydrogen-bond donors (Lipinski definition) is 0. The fourth-order valence-corrected chi connectivity index (χ4v) is 3.95. The number of aryl methyl sites for hydroxylation is 1. The number of nitriles is 1. The van der Waals surface area contributed by atoms with Crippen molar-refractivity contribution in [2.24, 2.45) is 0 Å². The zero-order chi connectivity index (χ0) is 25.1. The summed E-state index contributed by atoms with van der Waals surface area (Å²) in [6.45, 7) is 5.55. The third-order valence-corrected chi connectivity index (χ3v) is 6.04. The van der Waals surface area contributed by atoms with Gasteiger partial charge in [-0.1, -0.05) is 18.2 Å². The molecule has 0 saturated carbocycles. The molecule has 2 aromatic rings. The summed E-state index contributed by atoms with van der Waals surface area (Å²) < 4.78 is 21.4. The Balaban J connectivity index is 2.11. The molecule has 0 amide bonds. The van der Waals surface area contributed by atoms with Crippen LogP contribution >= 0.6 is 0 Å². The maximum atomic E-state index is 13.0. The molecule has 0 N–H and O–H groups in total. The minimum atomic E-state index is -1.42. The van der Waals surface area contributed by atoms with Crippen LogP contribution in [0.5, 0.6) is 17.2 Å². The zero-order valence-electron chi connectivity index (χ0n) is 21.1. The second-order valence-corrected chi connectivity index (χ2v) is 8.27. The lowest BCUT2D eigenvalue weighted by atomic mass is 9.77. The summed E-state index contributed by atoms with van der Waals surface area (Å²) in [6, 6.07) is 13.6. The quantitative estimate of drug-likeness (QED) is 0.406. The van der Waals surface area contributed by atoms with Gasteiger partial charge in [-0.05, 0) is 81.6 Å². The van der Waals surface area contributed by atoms with Crippen LogP contribution in [0.3, 0.4) is 0 Å². The fraction of sp³-hybridized carbons (Fsp3) is 0.481. The van der Waals surface area contributed by atoms with Crippen molar-refractivity contribution < 1.29 is 23.7 Å². The summed E-state index contributed by atoms with van der Waals surface area (Å²) in [6.07, 6.45) is 1.86. The lowest BCUT2D eigenvalue weighted by Crippen LogP contribution is -2.37. The molecule has 2 aromatic carbocycles. The van der Waals surface area contributed by atoms with Crippen molar-refractivity contribution in [3.05, 3.63) is 53.1 Å². The van der Waals surface area contributed by atoms with Gasteiger partial charge in [-0.25, -0.2) is 4.79 Å². The maximum Gasteiger partial charge on any atom is 0.331 e. The summed E-state index contributed by atoms with van der Waals surface area (Å²) >= 11 is 0. The van der Waals surface area contributed by atoms with E-state index in [1.54, 1.807) is 39.3 Å². The van der Waals surface area contributed by atoms with Crippen LogP contribution in [-0.2, 0) is 21.4 Å². The highest BCUT2D eigenvalue weighted by atomic mass is 16.5.